The van der Waals surface area contributed by atoms with Crippen LogP contribution in [0.15, 0.2) is 66.7 Å². The molecule has 3 nitrogen and oxygen atoms in total. The van der Waals surface area contributed by atoms with Gasteiger partial charge in [-0.3, -0.25) is 0 Å². The summed E-state index contributed by atoms with van der Waals surface area (Å²) in [5, 5.41) is 10.0. The van der Waals surface area contributed by atoms with E-state index < -0.39 is 17.8 Å². The lowest BCUT2D eigenvalue weighted by Crippen LogP contribution is -2.05. The topological polar surface area (TPSA) is 48.9 Å². The molecule has 0 aliphatic rings. The second-order valence-corrected chi connectivity index (χ2v) is 7.05. The molecule has 0 amide bonds. The van der Waals surface area contributed by atoms with Crippen LogP contribution in [-0.4, -0.2) is 15.1 Å². The van der Waals surface area contributed by atoms with Crippen molar-refractivity contribution in [1.82, 2.24) is 9.97 Å². The van der Waals surface area contributed by atoms with Gasteiger partial charge in [-0.1, -0.05) is 48.5 Å². The largest absolute Gasteiger partial charge is 0.416 e. The molecule has 2 N–H and O–H groups in total. The van der Waals surface area contributed by atoms with E-state index in [4.69, 9.17) is 0 Å². The summed E-state index contributed by atoms with van der Waals surface area (Å²) in [7, 11) is 0. The van der Waals surface area contributed by atoms with Crippen molar-refractivity contribution in [2.24, 2.45) is 0 Å². The minimum Gasteiger partial charge on any atom is -0.389 e. The standard InChI is InChI=1S/C23H19F3N2O/c1-14(29)18-7-2-3-8-19(18)16-9-10-20-21(13-16)28-22(27-20)12-15-5-4-6-17(11-15)23(24,25)26/h2-11,13-14,29H,12H2,1H3,(H,27,28). The Morgan fingerprint density at radius 1 is 1.00 bits per heavy atom. The highest BCUT2D eigenvalue weighted by molar-refractivity contribution is 5.83. The molecule has 0 aliphatic heterocycles. The Labute approximate surface area is 165 Å². The highest BCUT2D eigenvalue weighted by Gasteiger charge is 2.30. The van der Waals surface area contributed by atoms with Crippen molar-refractivity contribution in [3.8, 4) is 11.1 Å². The first-order valence-electron chi connectivity index (χ1n) is 9.23. The molecule has 6 heteroatoms. The summed E-state index contributed by atoms with van der Waals surface area (Å²) in [6, 6.07) is 18.7. The average molecular weight is 396 g/mol. The normalized spacial score (nSPS) is 13.0. The van der Waals surface area contributed by atoms with Crippen LogP contribution in [-0.2, 0) is 12.6 Å². The molecule has 29 heavy (non-hydrogen) atoms. The summed E-state index contributed by atoms with van der Waals surface area (Å²) < 4.78 is 38.8. The number of H-pyrrole nitrogens is 1. The van der Waals surface area contributed by atoms with Crippen molar-refractivity contribution in [2.75, 3.05) is 0 Å². The molecule has 1 unspecified atom stereocenters. The Hall–Kier alpha value is -3.12. The van der Waals surface area contributed by atoms with Gasteiger partial charge in [0, 0.05) is 6.42 Å². The van der Waals surface area contributed by atoms with E-state index in [1.165, 1.54) is 6.07 Å². The Balaban J connectivity index is 1.67. The first-order valence-corrected chi connectivity index (χ1v) is 9.23. The van der Waals surface area contributed by atoms with Gasteiger partial charge in [-0.25, -0.2) is 4.98 Å². The fourth-order valence-electron chi connectivity index (χ4n) is 3.49. The number of imidazole rings is 1. The number of alkyl halides is 3. The summed E-state index contributed by atoms with van der Waals surface area (Å²) in [6.07, 6.45) is -4.69. The predicted octanol–water partition coefficient (Wildman–Crippen LogP) is 5.89. The zero-order valence-corrected chi connectivity index (χ0v) is 15.7. The van der Waals surface area contributed by atoms with Crippen molar-refractivity contribution >= 4 is 11.0 Å². The van der Waals surface area contributed by atoms with Crippen molar-refractivity contribution in [1.29, 1.82) is 0 Å². The lowest BCUT2D eigenvalue weighted by molar-refractivity contribution is -0.137. The lowest BCUT2D eigenvalue weighted by atomic mass is 9.96. The number of aromatic amines is 1. The summed E-state index contributed by atoms with van der Waals surface area (Å²) >= 11 is 0. The van der Waals surface area contributed by atoms with Crippen LogP contribution in [0.25, 0.3) is 22.2 Å². The van der Waals surface area contributed by atoms with Crippen molar-refractivity contribution < 1.29 is 18.3 Å². The number of rotatable bonds is 4. The summed E-state index contributed by atoms with van der Waals surface area (Å²) in [4.78, 5) is 7.71. The monoisotopic (exact) mass is 396 g/mol. The number of aliphatic hydroxyl groups is 1. The Kier molecular flexibility index (Phi) is 4.88. The van der Waals surface area contributed by atoms with Gasteiger partial charge in [0.25, 0.3) is 0 Å². The maximum Gasteiger partial charge on any atom is 0.416 e. The summed E-state index contributed by atoms with van der Waals surface area (Å²) in [5.41, 5.74) is 4.11. The summed E-state index contributed by atoms with van der Waals surface area (Å²) in [6.45, 7) is 1.72. The third kappa shape index (κ3) is 4.03. The maximum atomic E-state index is 12.9. The average Bonchev–Trinajstić information content (AvgIpc) is 3.08. The van der Waals surface area contributed by atoms with Crippen molar-refractivity contribution in [3.63, 3.8) is 0 Å². The molecule has 3 aromatic carbocycles. The number of hydrogen-bond donors (Lipinski definition) is 2. The van der Waals surface area contributed by atoms with Crippen LogP contribution in [0.1, 0.15) is 35.5 Å². The number of fused-ring (bicyclic) bond motifs is 1. The molecule has 148 valence electrons. The lowest BCUT2D eigenvalue weighted by Gasteiger charge is -2.11. The van der Waals surface area contributed by atoms with Crippen LogP contribution < -0.4 is 0 Å². The minimum absolute atomic E-state index is 0.276. The number of nitrogens with one attached hydrogen (secondary N) is 1. The van der Waals surface area contributed by atoms with E-state index in [1.54, 1.807) is 13.0 Å². The zero-order chi connectivity index (χ0) is 20.6. The fourth-order valence-corrected chi connectivity index (χ4v) is 3.49. The maximum absolute atomic E-state index is 12.9. The van der Waals surface area contributed by atoms with Gasteiger partial charge in [0.05, 0.1) is 22.7 Å². The molecular weight excluding hydrogens is 377 g/mol. The molecular formula is C23H19F3N2O. The SMILES string of the molecule is CC(O)c1ccccc1-c1ccc2nc(Cc3cccc(C(F)(F)F)c3)[nH]c2c1. The number of benzene rings is 3. The minimum atomic E-state index is -4.37. The molecule has 0 fully saturated rings. The van der Waals surface area contributed by atoms with Gasteiger partial charge in [0.2, 0.25) is 0 Å². The number of hydrogen-bond acceptors (Lipinski definition) is 2. The van der Waals surface area contributed by atoms with E-state index in [9.17, 15) is 18.3 Å². The van der Waals surface area contributed by atoms with E-state index in [-0.39, 0.29) is 6.42 Å². The molecule has 0 spiro atoms. The molecule has 0 saturated carbocycles. The van der Waals surface area contributed by atoms with Crippen molar-refractivity contribution in [2.45, 2.75) is 25.6 Å². The van der Waals surface area contributed by atoms with Gasteiger partial charge in [0.15, 0.2) is 0 Å². The second-order valence-electron chi connectivity index (χ2n) is 7.05. The molecule has 0 bridgehead atoms. The van der Waals surface area contributed by atoms with E-state index in [0.29, 0.717) is 11.4 Å². The second kappa shape index (κ2) is 7.37. The van der Waals surface area contributed by atoms with Gasteiger partial charge in [-0.05, 0) is 47.4 Å². The van der Waals surface area contributed by atoms with Crippen LogP contribution in [0.3, 0.4) is 0 Å². The number of nitrogens with zero attached hydrogens (tertiary/aromatic N) is 1. The molecule has 1 heterocycles. The molecule has 0 radical (unpaired) electrons. The first kappa shape index (κ1) is 19.2. The molecule has 0 saturated heterocycles. The highest BCUT2D eigenvalue weighted by Crippen LogP contribution is 2.31. The Morgan fingerprint density at radius 2 is 1.79 bits per heavy atom. The first-order chi connectivity index (χ1) is 13.8. The highest BCUT2D eigenvalue weighted by atomic mass is 19.4. The zero-order valence-electron chi connectivity index (χ0n) is 15.7. The summed E-state index contributed by atoms with van der Waals surface area (Å²) in [5.74, 6) is 0.597. The Bertz CT molecular complexity index is 1160. The van der Waals surface area contributed by atoms with Gasteiger partial charge >= 0.3 is 6.18 Å². The molecule has 4 aromatic rings. The third-order valence-electron chi connectivity index (χ3n) is 4.88. The number of aromatic nitrogens is 2. The molecule has 0 aliphatic carbocycles. The van der Waals surface area contributed by atoms with Gasteiger partial charge in [0.1, 0.15) is 5.82 Å². The van der Waals surface area contributed by atoms with Crippen LogP contribution in [0.4, 0.5) is 13.2 Å². The van der Waals surface area contributed by atoms with Gasteiger partial charge in [-0.2, -0.15) is 13.2 Å². The molecule has 1 atom stereocenters. The Morgan fingerprint density at radius 3 is 2.55 bits per heavy atom. The smallest absolute Gasteiger partial charge is 0.389 e. The van der Waals surface area contributed by atoms with Crippen LogP contribution in [0, 0.1) is 0 Å². The predicted molar refractivity (Wildman–Crippen MR) is 106 cm³/mol. The quantitative estimate of drug-likeness (QED) is 0.452. The van der Waals surface area contributed by atoms with Crippen LogP contribution in [0.5, 0.6) is 0 Å². The number of aliphatic hydroxyl groups excluding tert-OH is 1. The van der Waals surface area contributed by atoms with Gasteiger partial charge < -0.3 is 10.1 Å². The van der Waals surface area contributed by atoms with E-state index in [1.807, 2.05) is 42.5 Å². The van der Waals surface area contributed by atoms with Crippen LogP contribution in [0.2, 0.25) is 0 Å². The molecule has 1 aromatic heterocycles. The van der Waals surface area contributed by atoms with E-state index in [0.717, 1.165) is 39.9 Å². The van der Waals surface area contributed by atoms with E-state index >= 15 is 0 Å². The van der Waals surface area contributed by atoms with Gasteiger partial charge in [-0.15, -0.1) is 0 Å². The van der Waals surface area contributed by atoms with Crippen LogP contribution >= 0.6 is 0 Å². The fraction of sp³-hybridized carbons (Fsp3) is 0.174. The van der Waals surface area contributed by atoms with Crippen molar-refractivity contribution in [3.05, 3.63) is 89.2 Å². The number of halogens is 3. The third-order valence-corrected chi connectivity index (χ3v) is 4.88. The van der Waals surface area contributed by atoms with E-state index in [2.05, 4.69) is 9.97 Å². The molecule has 4 rings (SSSR count).